The molecule has 1 aliphatic rings. The number of carbonyl (C=O) groups excluding carboxylic acids is 2. The number of ether oxygens (including phenoxy) is 1. The molecule has 0 aromatic heterocycles. The quantitative estimate of drug-likeness (QED) is 0.623. The van der Waals surface area contributed by atoms with Gasteiger partial charge in [-0.15, -0.1) is 0 Å². The van der Waals surface area contributed by atoms with Crippen molar-refractivity contribution >= 4 is 34.8 Å². The number of morpholine rings is 1. The van der Waals surface area contributed by atoms with E-state index in [9.17, 15) is 19.7 Å². The number of carbonyl (C=O) groups is 2. The van der Waals surface area contributed by atoms with Crippen molar-refractivity contribution in [2.24, 2.45) is 0 Å². The fourth-order valence-electron chi connectivity index (χ4n) is 2.98. The number of hydrogen-bond acceptors (Lipinski definition) is 5. The average Bonchev–Trinajstić information content (AvgIpc) is 2.69. The highest BCUT2D eigenvalue weighted by Crippen LogP contribution is 2.26. The zero-order chi connectivity index (χ0) is 20.3. The van der Waals surface area contributed by atoms with Crippen molar-refractivity contribution in [1.29, 1.82) is 0 Å². The maximum absolute atomic E-state index is 12.8. The highest BCUT2D eigenvalue weighted by atomic mass is 35.5. The molecular weight excluding hydrogens is 386 g/mol. The first-order chi connectivity index (χ1) is 13.4. The largest absolute Gasteiger partial charge is 0.378 e. The number of amides is 2. The molecule has 2 aromatic carbocycles. The van der Waals surface area contributed by atoms with Crippen LogP contribution in [0, 0.1) is 17.0 Å². The molecule has 0 spiro atoms. The standard InChI is InChI=1S/C19H18ClN3O5/c1-12-14(19(25)22-7-9-28-10-8-22)3-2-4-16(12)21-18(24)15-6-5-13(20)11-17(15)23(26)27/h2-6,11H,7-10H2,1H3,(H,21,24). The molecule has 0 aliphatic carbocycles. The second-order valence-corrected chi connectivity index (χ2v) is 6.69. The second kappa shape index (κ2) is 8.37. The van der Waals surface area contributed by atoms with Crippen LogP contribution in [0.4, 0.5) is 11.4 Å². The average molecular weight is 404 g/mol. The minimum Gasteiger partial charge on any atom is -0.378 e. The van der Waals surface area contributed by atoms with Gasteiger partial charge >= 0.3 is 0 Å². The number of benzene rings is 2. The molecular formula is C19H18ClN3O5. The zero-order valence-electron chi connectivity index (χ0n) is 15.1. The summed E-state index contributed by atoms with van der Waals surface area (Å²) in [5.74, 6) is -0.795. The number of nitrogens with one attached hydrogen (secondary N) is 1. The Morgan fingerprint density at radius 3 is 2.57 bits per heavy atom. The molecule has 0 bridgehead atoms. The Morgan fingerprint density at radius 1 is 1.18 bits per heavy atom. The molecule has 3 rings (SSSR count). The van der Waals surface area contributed by atoms with Crippen LogP contribution in [0.5, 0.6) is 0 Å². The van der Waals surface area contributed by atoms with Gasteiger partial charge < -0.3 is 15.0 Å². The van der Waals surface area contributed by atoms with Crippen molar-refractivity contribution in [3.05, 3.63) is 68.2 Å². The molecule has 1 N–H and O–H groups in total. The smallest absolute Gasteiger partial charge is 0.283 e. The van der Waals surface area contributed by atoms with E-state index in [1.807, 2.05) is 0 Å². The van der Waals surface area contributed by atoms with Crippen LogP contribution in [0.25, 0.3) is 0 Å². The summed E-state index contributed by atoms with van der Waals surface area (Å²) in [6.45, 7) is 3.71. The van der Waals surface area contributed by atoms with Gasteiger partial charge in [0.25, 0.3) is 17.5 Å². The van der Waals surface area contributed by atoms with Crippen molar-refractivity contribution < 1.29 is 19.2 Å². The Morgan fingerprint density at radius 2 is 1.89 bits per heavy atom. The molecule has 0 saturated carbocycles. The molecule has 9 heteroatoms. The van der Waals surface area contributed by atoms with Gasteiger partial charge in [0.15, 0.2) is 0 Å². The van der Waals surface area contributed by atoms with Gasteiger partial charge in [0.2, 0.25) is 0 Å². The molecule has 0 radical (unpaired) electrons. The predicted octanol–water partition coefficient (Wildman–Crippen LogP) is 3.28. The highest BCUT2D eigenvalue weighted by Gasteiger charge is 2.24. The molecule has 1 heterocycles. The molecule has 0 unspecified atom stereocenters. The lowest BCUT2D eigenvalue weighted by molar-refractivity contribution is -0.385. The van der Waals surface area contributed by atoms with Crippen molar-refractivity contribution in [2.75, 3.05) is 31.6 Å². The van der Waals surface area contributed by atoms with E-state index in [-0.39, 0.29) is 22.2 Å². The Bertz CT molecular complexity index is 941. The molecule has 2 aromatic rings. The Kier molecular flexibility index (Phi) is 5.91. The van der Waals surface area contributed by atoms with E-state index < -0.39 is 10.8 Å². The molecule has 1 saturated heterocycles. The van der Waals surface area contributed by atoms with E-state index in [2.05, 4.69) is 5.32 Å². The van der Waals surface area contributed by atoms with Crippen molar-refractivity contribution in [3.63, 3.8) is 0 Å². The third-order valence-corrected chi connectivity index (χ3v) is 4.75. The number of rotatable bonds is 4. The molecule has 146 valence electrons. The normalized spacial score (nSPS) is 13.9. The lowest BCUT2D eigenvalue weighted by atomic mass is 10.0. The van der Waals surface area contributed by atoms with Gasteiger partial charge in [0.05, 0.1) is 18.1 Å². The van der Waals surface area contributed by atoms with Gasteiger partial charge in [-0.3, -0.25) is 19.7 Å². The van der Waals surface area contributed by atoms with E-state index in [0.717, 1.165) is 6.07 Å². The number of anilines is 1. The van der Waals surface area contributed by atoms with Crippen LogP contribution in [-0.2, 0) is 4.74 Å². The summed E-state index contributed by atoms with van der Waals surface area (Å²) in [6, 6.07) is 8.83. The Balaban J connectivity index is 1.86. The van der Waals surface area contributed by atoms with Gasteiger partial charge in [0, 0.05) is 35.4 Å². The van der Waals surface area contributed by atoms with Crippen LogP contribution < -0.4 is 5.32 Å². The van der Waals surface area contributed by atoms with Gasteiger partial charge in [-0.2, -0.15) is 0 Å². The molecule has 28 heavy (non-hydrogen) atoms. The first-order valence-corrected chi connectivity index (χ1v) is 8.98. The lowest BCUT2D eigenvalue weighted by Gasteiger charge is -2.27. The van der Waals surface area contributed by atoms with Gasteiger partial charge in [-0.05, 0) is 36.8 Å². The Hall–Kier alpha value is -2.97. The molecule has 0 atom stereocenters. The van der Waals surface area contributed by atoms with E-state index in [1.54, 1.807) is 30.0 Å². The Labute approximate surface area is 166 Å². The van der Waals surface area contributed by atoms with Crippen LogP contribution in [0.1, 0.15) is 26.3 Å². The summed E-state index contributed by atoms with van der Waals surface area (Å²) < 4.78 is 5.26. The van der Waals surface area contributed by atoms with E-state index in [1.165, 1.54) is 12.1 Å². The topological polar surface area (TPSA) is 102 Å². The van der Waals surface area contributed by atoms with Crippen LogP contribution in [0.15, 0.2) is 36.4 Å². The summed E-state index contributed by atoms with van der Waals surface area (Å²) in [7, 11) is 0. The number of nitrogens with zero attached hydrogens (tertiary/aromatic N) is 2. The fraction of sp³-hybridized carbons (Fsp3) is 0.263. The van der Waals surface area contributed by atoms with E-state index >= 15 is 0 Å². The lowest BCUT2D eigenvalue weighted by Crippen LogP contribution is -2.41. The van der Waals surface area contributed by atoms with Crippen LogP contribution in [0.2, 0.25) is 5.02 Å². The number of hydrogen-bond donors (Lipinski definition) is 1. The third-order valence-electron chi connectivity index (χ3n) is 4.51. The molecule has 1 aliphatic heterocycles. The van der Waals surface area contributed by atoms with Crippen LogP contribution in [-0.4, -0.2) is 47.9 Å². The first kappa shape index (κ1) is 19.8. The minimum atomic E-state index is -0.661. The zero-order valence-corrected chi connectivity index (χ0v) is 15.9. The van der Waals surface area contributed by atoms with Crippen LogP contribution >= 0.6 is 11.6 Å². The van der Waals surface area contributed by atoms with Gasteiger partial charge in [0.1, 0.15) is 5.56 Å². The maximum atomic E-state index is 12.8. The van der Waals surface area contributed by atoms with Gasteiger partial charge in [-0.1, -0.05) is 17.7 Å². The summed E-state index contributed by atoms with van der Waals surface area (Å²) >= 11 is 5.79. The summed E-state index contributed by atoms with van der Waals surface area (Å²) in [6.07, 6.45) is 0. The monoisotopic (exact) mass is 403 g/mol. The van der Waals surface area contributed by atoms with Crippen molar-refractivity contribution in [1.82, 2.24) is 4.90 Å². The third kappa shape index (κ3) is 4.13. The molecule has 8 nitrogen and oxygen atoms in total. The highest BCUT2D eigenvalue weighted by molar-refractivity contribution is 6.31. The summed E-state index contributed by atoms with van der Waals surface area (Å²) in [4.78, 5) is 37.6. The van der Waals surface area contributed by atoms with Crippen molar-refractivity contribution in [3.8, 4) is 0 Å². The van der Waals surface area contributed by atoms with Crippen molar-refractivity contribution in [2.45, 2.75) is 6.92 Å². The number of halogens is 1. The minimum absolute atomic E-state index is 0.112. The number of nitro groups is 1. The summed E-state index contributed by atoms with van der Waals surface area (Å²) in [5.41, 5.74) is 0.963. The van der Waals surface area contributed by atoms with Gasteiger partial charge in [-0.25, -0.2) is 0 Å². The number of nitro benzene ring substituents is 1. The SMILES string of the molecule is Cc1c(NC(=O)c2ccc(Cl)cc2[N+](=O)[O-])cccc1C(=O)N1CCOCC1. The maximum Gasteiger partial charge on any atom is 0.283 e. The van der Waals surface area contributed by atoms with E-state index in [0.29, 0.717) is 43.1 Å². The first-order valence-electron chi connectivity index (χ1n) is 8.60. The molecule has 1 fully saturated rings. The predicted molar refractivity (Wildman–Crippen MR) is 104 cm³/mol. The summed E-state index contributed by atoms with van der Waals surface area (Å²) in [5, 5.41) is 14.0. The fourth-order valence-corrected chi connectivity index (χ4v) is 3.14. The molecule has 2 amide bonds. The second-order valence-electron chi connectivity index (χ2n) is 6.26. The van der Waals surface area contributed by atoms with Crippen LogP contribution in [0.3, 0.4) is 0 Å². The van der Waals surface area contributed by atoms with E-state index in [4.69, 9.17) is 16.3 Å².